The highest BCUT2D eigenvalue weighted by Crippen LogP contribution is 2.40. The Labute approximate surface area is 143 Å². The third-order valence-electron chi connectivity index (χ3n) is 3.92. The molecule has 0 saturated carbocycles. The Bertz CT molecular complexity index is 973. The van der Waals surface area contributed by atoms with Gasteiger partial charge in [-0.15, -0.1) is 0 Å². The molecule has 0 saturated heterocycles. The fraction of sp³-hybridized carbons (Fsp3) is 0.105. The van der Waals surface area contributed by atoms with E-state index in [0.717, 1.165) is 17.0 Å². The summed E-state index contributed by atoms with van der Waals surface area (Å²) < 4.78 is 13.6. The van der Waals surface area contributed by atoms with Gasteiger partial charge in [0.1, 0.15) is 11.6 Å². The maximum Gasteiger partial charge on any atom is 0.269 e. The van der Waals surface area contributed by atoms with E-state index < -0.39 is 17.6 Å². The molecule has 0 aliphatic carbocycles. The number of imide groups is 1. The van der Waals surface area contributed by atoms with Gasteiger partial charge in [0.05, 0.1) is 23.8 Å². The van der Waals surface area contributed by atoms with E-state index in [9.17, 15) is 19.1 Å². The molecule has 1 N–H and O–H groups in total. The van der Waals surface area contributed by atoms with Crippen LogP contribution in [0.2, 0.25) is 0 Å². The Balaban J connectivity index is 2.21. The molecule has 2 aromatic rings. The molecule has 124 valence electrons. The first kappa shape index (κ1) is 16.4. The fourth-order valence-electron chi connectivity index (χ4n) is 2.84. The van der Waals surface area contributed by atoms with Crippen LogP contribution < -0.4 is 4.90 Å². The number of fused-ring (bicyclic) bond motifs is 1. The van der Waals surface area contributed by atoms with Crippen LogP contribution in [-0.4, -0.2) is 16.9 Å². The molecule has 2 aromatic carbocycles. The average Bonchev–Trinajstić information content (AvgIpc) is 2.86. The maximum atomic E-state index is 13.6. The second-order valence-electron chi connectivity index (χ2n) is 5.58. The topological polar surface area (TPSA) is 81.4 Å². The molecule has 1 aliphatic heterocycles. The van der Waals surface area contributed by atoms with Gasteiger partial charge in [-0.2, -0.15) is 5.26 Å². The Hall–Kier alpha value is -3.46. The molecule has 0 spiro atoms. The van der Waals surface area contributed by atoms with Crippen molar-refractivity contribution in [3.05, 3.63) is 65.0 Å². The number of rotatable bonds is 2. The third kappa shape index (κ3) is 2.76. The van der Waals surface area contributed by atoms with Crippen LogP contribution in [0.3, 0.4) is 0 Å². The number of nitriles is 1. The SMILES string of the molecule is CC(=O)N1C(=O)/C(=C(/O)c2cccc(CC#N)c2)c2ccc(F)cc21. The lowest BCUT2D eigenvalue weighted by atomic mass is 10.0. The summed E-state index contributed by atoms with van der Waals surface area (Å²) >= 11 is 0. The van der Waals surface area contributed by atoms with Gasteiger partial charge < -0.3 is 5.11 Å². The minimum Gasteiger partial charge on any atom is -0.506 e. The largest absolute Gasteiger partial charge is 0.506 e. The van der Waals surface area contributed by atoms with Crippen LogP contribution in [0, 0.1) is 17.1 Å². The van der Waals surface area contributed by atoms with E-state index in [1.165, 1.54) is 13.0 Å². The zero-order valence-electron chi connectivity index (χ0n) is 13.3. The summed E-state index contributed by atoms with van der Waals surface area (Å²) in [5.41, 5.74) is 1.34. The van der Waals surface area contributed by atoms with Crippen molar-refractivity contribution in [1.82, 2.24) is 0 Å². The monoisotopic (exact) mass is 336 g/mol. The summed E-state index contributed by atoms with van der Waals surface area (Å²) in [6, 6.07) is 12.2. The Morgan fingerprint density at radius 3 is 2.72 bits per heavy atom. The molecular weight excluding hydrogens is 323 g/mol. The molecular formula is C19H13FN2O3. The van der Waals surface area contributed by atoms with Crippen molar-refractivity contribution in [3.8, 4) is 6.07 Å². The van der Waals surface area contributed by atoms with Crippen LogP contribution in [0.25, 0.3) is 11.3 Å². The number of nitrogens with zero attached hydrogens (tertiary/aromatic N) is 2. The maximum absolute atomic E-state index is 13.6. The number of anilines is 1. The smallest absolute Gasteiger partial charge is 0.269 e. The number of aliphatic hydroxyl groups is 1. The van der Waals surface area contributed by atoms with Gasteiger partial charge in [0.15, 0.2) is 0 Å². The quantitative estimate of drug-likeness (QED) is 0.674. The summed E-state index contributed by atoms with van der Waals surface area (Å²) in [6.45, 7) is 1.19. The van der Waals surface area contributed by atoms with Crippen LogP contribution >= 0.6 is 0 Å². The lowest BCUT2D eigenvalue weighted by molar-refractivity contribution is -0.122. The molecule has 0 radical (unpaired) electrons. The summed E-state index contributed by atoms with van der Waals surface area (Å²) in [7, 11) is 0. The standard InChI is InChI=1S/C19H13FN2O3/c1-11(23)22-16-10-14(20)5-6-15(16)17(19(22)25)18(24)13-4-2-3-12(9-13)7-8-21/h2-6,9-10,24H,7H2,1H3/b18-17+. The van der Waals surface area contributed by atoms with Crippen molar-refractivity contribution < 1.29 is 19.1 Å². The van der Waals surface area contributed by atoms with Crippen molar-refractivity contribution in [2.45, 2.75) is 13.3 Å². The lowest BCUT2D eigenvalue weighted by Gasteiger charge is -2.12. The third-order valence-corrected chi connectivity index (χ3v) is 3.92. The van der Waals surface area contributed by atoms with Crippen molar-refractivity contribution in [2.24, 2.45) is 0 Å². The number of hydrogen-bond acceptors (Lipinski definition) is 4. The zero-order valence-corrected chi connectivity index (χ0v) is 13.3. The lowest BCUT2D eigenvalue weighted by Crippen LogP contribution is -2.31. The van der Waals surface area contributed by atoms with Gasteiger partial charge in [0.25, 0.3) is 5.91 Å². The van der Waals surface area contributed by atoms with Gasteiger partial charge in [0.2, 0.25) is 5.91 Å². The molecule has 25 heavy (non-hydrogen) atoms. The van der Waals surface area contributed by atoms with Gasteiger partial charge in [-0.1, -0.05) is 18.2 Å². The van der Waals surface area contributed by atoms with Gasteiger partial charge in [-0.3, -0.25) is 9.59 Å². The first-order valence-electron chi connectivity index (χ1n) is 7.48. The van der Waals surface area contributed by atoms with Gasteiger partial charge in [0, 0.05) is 18.1 Å². The molecule has 1 heterocycles. The van der Waals surface area contributed by atoms with E-state index in [2.05, 4.69) is 0 Å². The summed E-state index contributed by atoms with van der Waals surface area (Å²) in [5, 5.41) is 19.4. The van der Waals surface area contributed by atoms with Crippen LogP contribution in [0.4, 0.5) is 10.1 Å². The highest BCUT2D eigenvalue weighted by Gasteiger charge is 2.38. The zero-order chi connectivity index (χ0) is 18.1. The van der Waals surface area contributed by atoms with Crippen LogP contribution in [0.5, 0.6) is 0 Å². The number of benzene rings is 2. The van der Waals surface area contributed by atoms with E-state index in [4.69, 9.17) is 5.26 Å². The van der Waals surface area contributed by atoms with Crippen LogP contribution in [-0.2, 0) is 16.0 Å². The molecule has 2 amide bonds. The number of aliphatic hydroxyl groups excluding tert-OH is 1. The second-order valence-corrected chi connectivity index (χ2v) is 5.58. The first-order chi connectivity index (χ1) is 11.9. The number of halogens is 1. The molecule has 5 nitrogen and oxygen atoms in total. The van der Waals surface area contributed by atoms with E-state index in [0.29, 0.717) is 11.1 Å². The number of amides is 2. The highest BCUT2D eigenvalue weighted by atomic mass is 19.1. The average molecular weight is 336 g/mol. The minimum atomic E-state index is -0.712. The molecule has 0 aromatic heterocycles. The van der Waals surface area contributed by atoms with E-state index in [-0.39, 0.29) is 29.0 Å². The number of hydrogen-bond donors (Lipinski definition) is 1. The van der Waals surface area contributed by atoms with E-state index in [1.54, 1.807) is 24.3 Å². The predicted molar refractivity (Wildman–Crippen MR) is 89.8 cm³/mol. The van der Waals surface area contributed by atoms with Crippen LogP contribution in [0.15, 0.2) is 42.5 Å². The molecule has 1 aliphatic rings. The number of carbonyl (C=O) groups excluding carboxylic acids is 2. The van der Waals surface area contributed by atoms with Gasteiger partial charge in [-0.05, 0) is 29.8 Å². The summed E-state index contributed by atoms with van der Waals surface area (Å²) in [4.78, 5) is 25.3. The van der Waals surface area contributed by atoms with Crippen molar-refractivity contribution >= 4 is 28.8 Å². The van der Waals surface area contributed by atoms with Gasteiger partial charge in [-0.25, -0.2) is 9.29 Å². The Morgan fingerprint density at radius 2 is 2.04 bits per heavy atom. The molecule has 6 heteroatoms. The molecule has 0 atom stereocenters. The Morgan fingerprint density at radius 1 is 1.28 bits per heavy atom. The van der Waals surface area contributed by atoms with E-state index in [1.807, 2.05) is 6.07 Å². The summed E-state index contributed by atoms with van der Waals surface area (Å²) in [6.07, 6.45) is 0.159. The Kier molecular flexibility index (Phi) is 4.07. The van der Waals surface area contributed by atoms with E-state index >= 15 is 0 Å². The second kappa shape index (κ2) is 6.21. The van der Waals surface area contributed by atoms with Gasteiger partial charge >= 0.3 is 0 Å². The number of carbonyl (C=O) groups is 2. The minimum absolute atomic E-state index is 0.0701. The van der Waals surface area contributed by atoms with Crippen molar-refractivity contribution in [1.29, 1.82) is 5.26 Å². The molecule has 0 fully saturated rings. The van der Waals surface area contributed by atoms with Crippen molar-refractivity contribution in [3.63, 3.8) is 0 Å². The first-order valence-corrected chi connectivity index (χ1v) is 7.48. The normalized spacial score (nSPS) is 14.9. The van der Waals surface area contributed by atoms with Crippen molar-refractivity contribution in [2.75, 3.05) is 4.90 Å². The molecule has 3 rings (SSSR count). The summed E-state index contributed by atoms with van der Waals surface area (Å²) in [5.74, 6) is -2.19. The highest BCUT2D eigenvalue weighted by molar-refractivity contribution is 6.42. The van der Waals surface area contributed by atoms with Crippen LogP contribution in [0.1, 0.15) is 23.6 Å². The molecule has 0 bridgehead atoms. The fourth-order valence-corrected chi connectivity index (χ4v) is 2.84. The molecule has 0 unspecified atom stereocenters. The predicted octanol–water partition coefficient (Wildman–Crippen LogP) is 3.21.